The lowest BCUT2D eigenvalue weighted by molar-refractivity contribution is 0.0967. The highest BCUT2D eigenvalue weighted by Gasteiger charge is 2.08. The maximum Gasteiger partial charge on any atom is 0.164 e. The molecule has 0 amide bonds. The maximum absolute atomic E-state index is 11.9. The van der Waals surface area contributed by atoms with Crippen molar-refractivity contribution >= 4 is 17.4 Å². The fourth-order valence-electron chi connectivity index (χ4n) is 1.81. The van der Waals surface area contributed by atoms with Crippen molar-refractivity contribution in [3.63, 3.8) is 0 Å². The van der Waals surface area contributed by atoms with Crippen LogP contribution in [0.15, 0.2) is 24.3 Å². The van der Waals surface area contributed by atoms with Crippen molar-refractivity contribution < 1.29 is 4.79 Å². The Labute approximate surface area is 109 Å². The van der Waals surface area contributed by atoms with Gasteiger partial charge in [-0.15, -0.1) is 0 Å². The molecule has 0 aliphatic rings. The summed E-state index contributed by atoms with van der Waals surface area (Å²) in [5.41, 5.74) is 0.704. The van der Waals surface area contributed by atoms with Crippen LogP contribution in [0, 0.1) is 5.92 Å². The number of ketones is 1. The molecule has 1 aromatic rings. The fourth-order valence-corrected chi connectivity index (χ4v) is 2.00. The van der Waals surface area contributed by atoms with Crippen molar-refractivity contribution in [2.75, 3.05) is 20.1 Å². The molecule has 0 unspecified atom stereocenters. The van der Waals surface area contributed by atoms with Gasteiger partial charge >= 0.3 is 0 Å². The van der Waals surface area contributed by atoms with Crippen molar-refractivity contribution in [1.29, 1.82) is 0 Å². The van der Waals surface area contributed by atoms with Crippen molar-refractivity contribution in [2.45, 2.75) is 20.3 Å². The number of hydrogen-bond acceptors (Lipinski definition) is 2. The largest absolute Gasteiger partial charge is 0.306 e. The van der Waals surface area contributed by atoms with E-state index in [1.54, 1.807) is 12.1 Å². The molecule has 0 saturated carbocycles. The van der Waals surface area contributed by atoms with E-state index in [0.717, 1.165) is 13.1 Å². The molecule has 0 radical (unpaired) electrons. The molecule has 1 rings (SSSR count). The molecule has 94 valence electrons. The number of carbonyl (C=O) groups excluding carboxylic acids is 1. The van der Waals surface area contributed by atoms with Gasteiger partial charge in [0, 0.05) is 30.1 Å². The van der Waals surface area contributed by atoms with Crippen molar-refractivity contribution in [2.24, 2.45) is 5.92 Å². The van der Waals surface area contributed by atoms with E-state index >= 15 is 0 Å². The third-order valence-electron chi connectivity index (χ3n) is 2.54. The van der Waals surface area contributed by atoms with E-state index in [1.807, 2.05) is 19.2 Å². The van der Waals surface area contributed by atoms with E-state index in [-0.39, 0.29) is 5.78 Å². The molecule has 0 aliphatic heterocycles. The van der Waals surface area contributed by atoms with Crippen LogP contribution >= 0.6 is 11.6 Å². The van der Waals surface area contributed by atoms with Crippen LogP contribution in [0.5, 0.6) is 0 Å². The summed E-state index contributed by atoms with van der Waals surface area (Å²) >= 11 is 5.86. The molecule has 0 saturated heterocycles. The van der Waals surface area contributed by atoms with E-state index in [4.69, 9.17) is 11.6 Å². The number of hydrogen-bond donors (Lipinski definition) is 0. The smallest absolute Gasteiger partial charge is 0.164 e. The Morgan fingerprint density at radius 1 is 1.41 bits per heavy atom. The molecule has 17 heavy (non-hydrogen) atoms. The van der Waals surface area contributed by atoms with E-state index in [0.29, 0.717) is 22.9 Å². The Morgan fingerprint density at radius 2 is 2.12 bits per heavy atom. The summed E-state index contributed by atoms with van der Waals surface area (Å²) in [6.07, 6.45) is 0.545. The first-order valence-corrected chi connectivity index (χ1v) is 6.34. The summed E-state index contributed by atoms with van der Waals surface area (Å²) in [6, 6.07) is 7.14. The summed E-state index contributed by atoms with van der Waals surface area (Å²) in [5, 5.41) is 0.617. The molecule has 0 bridgehead atoms. The second-order valence-corrected chi connectivity index (χ2v) is 5.28. The van der Waals surface area contributed by atoms with Crippen LogP contribution in [0.25, 0.3) is 0 Å². The lowest BCUT2D eigenvalue weighted by Gasteiger charge is -2.18. The van der Waals surface area contributed by atoms with Crippen LogP contribution in [0.4, 0.5) is 0 Å². The summed E-state index contributed by atoms with van der Waals surface area (Å²) in [7, 11) is 2.05. The van der Waals surface area contributed by atoms with E-state index in [9.17, 15) is 4.79 Å². The van der Waals surface area contributed by atoms with Gasteiger partial charge in [-0.3, -0.25) is 4.79 Å². The van der Waals surface area contributed by atoms with Gasteiger partial charge in [-0.2, -0.15) is 0 Å². The Balaban J connectivity index is 2.45. The summed E-state index contributed by atoms with van der Waals surface area (Å²) in [5.74, 6) is 0.782. The Hall–Kier alpha value is -0.860. The third kappa shape index (κ3) is 5.33. The quantitative estimate of drug-likeness (QED) is 0.724. The highest BCUT2D eigenvalue weighted by Crippen LogP contribution is 2.12. The number of rotatable bonds is 6. The van der Waals surface area contributed by atoms with Crippen molar-refractivity contribution in [3.8, 4) is 0 Å². The summed E-state index contributed by atoms with van der Waals surface area (Å²) in [6.45, 7) is 6.16. The first-order chi connectivity index (χ1) is 7.99. The minimum atomic E-state index is 0.156. The highest BCUT2D eigenvalue weighted by atomic mass is 35.5. The maximum atomic E-state index is 11.9. The molecule has 0 heterocycles. The molecule has 2 nitrogen and oxygen atoms in total. The summed E-state index contributed by atoms with van der Waals surface area (Å²) < 4.78 is 0. The number of carbonyl (C=O) groups is 1. The fraction of sp³-hybridized carbons (Fsp3) is 0.500. The lowest BCUT2D eigenvalue weighted by Crippen LogP contribution is -2.25. The van der Waals surface area contributed by atoms with Gasteiger partial charge in [0.15, 0.2) is 5.78 Å². The van der Waals surface area contributed by atoms with Gasteiger partial charge in [0.25, 0.3) is 0 Å². The second-order valence-electron chi connectivity index (χ2n) is 4.84. The zero-order valence-electron chi connectivity index (χ0n) is 10.7. The van der Waals surface area contributed by atoms with Crippen LogP contribution < -0.4 is 0 Å². The van der Waals surface area contributed by atoms with Crippen LogP contribution in [-0.2, 0) is 0 Å². The lowest BCUT2D eigenvalue weighted by atomic mass is 10.1. The first-order valence-electron chi connectivity index (χ1n) is 5.96. The molecular formula is C14H20ClNO. The van der Waals surface area contributed by atoms with E-state index < -0.39 is 0 Å². The number of benzene rings is 1. The van der Waals surface area contributed by atoms with E-state index in [2.05, 4.69) is 18.7 Å². The van der Waals surface area contributed by atoms with Gasteiger partial charge in [-0.25, -0.2) is 0 Å². The Morgan fingerprint density at radius 3 is 2.71 bits per heavy atom. The van der Waals surface area contributed by atoms with Crippen LogP contribution in [-0.4, -0.2) is 30.8 Å². The zero-order valence-corrected chi connectivity index (χ0v) is 11.5. The number of Topliss-reactive ketones (excluding diaryl/α,β-unsaturated/α-hetero) is 1. The van der Waals surface area contributed by atoms with E-state index in [1.165, 1.54) is 0 Å². The topological polar surface area (TPSA) is 20.3 Å². The Bertz CT molecular complexity index is 376. The minimum Gasteiger partial charge on any atom is -0.306 e. The standard InChI is InChI=1S/C14H20ClNO/c1-11(2)10-16(3)8-7-14(17)12-5-4-6-13(15)9-12/h4-6,9,11H,7-8,10H2,1-3H3. The van der Waals surface area contributed by atoms with Crippen molar-refractivity contribution in [3.05, 3.63) is 34.9 Å². The number of halogens is 1. The second kappa shape index (κ2) is 6.77. The van der Waals surface area contributed by atoms with Crippen LogP contribution in [0.2, 0.25) is 5.02 Å². The molecule has 0 aromatic heterocycles. The predicted octanol–water partition coefficient (Wildman–Crippen LogP) is 3.50. The normalized spacial score (nSPS) is 11.2. The van der Waals surface area contributed by atoms with Gasteiger partial charge in [0.05, 0.1) is 0 Å². The molecule has 0 spiro atoms. The number of nitrogens with zero attached hydrogens (tertiary/aromatic N) is 1. The predicted molar refractivity (Wildman–Crippen MR) is 72.7 cm³/mol. The molecular weight excluding hydrogens is 234 g/mol. The third-order valence-corrected chi connectivity index (χ3v) is 2.78. The molecule has 0 atom stereocenters. The first kappa shape index (κ1) is 14.2. The van der Waals surface area contributed by atoms with Gasteiger partial charge < -0.3 is 4.90 Å². The minimum absolute atomic E-state index is 0.156. The van der Waals surface area contributed by atoms with Gasteiger partial charge in [0.1, 0.15) is 0 Å². The summed E-state index contributed by atoms with van der Waals surface area (Å²) in [4.78, 5) is 14.1. The zero-order chi connectivity index (χ0) is 12.8. The molecule has 0 fully saturated rings. The van der Waals surface area contributed by atoms with Crippen molar-refractivity contribution in [1.82, 2.24) is 4.90 Å². The molecule has 0 aliphatic carbocycles. The van der Waals surface area contributed by atoms with Gasteiger partial charge in [-0.1, -0.05) is 37.6 Å². The average molecular weight is 254 g/mol. The van der Waals surface area contributed by atoms with Gasteiger partial charge in [0.2, 0.25) is 0 Å². The highest BCUT2D eigenvalue weighted by molar-refractivity contribution is 6.31. The molecule has 1 aromatic carbocycles. The molecule has 3 heteroatoms. The van der Waals surface area contributed by atoms with Gasteiger partial charge in [-0.05, 0) is 25.1 Å². The average Bonchev–Trinajstić information content (AvgIpc) is 2.25. The Kier molecular flexibility index (Phi) is 5.66. The van der Waals surface area contributed by atoms with Crippen LogP contribution in [0.3, 0.4) is 0 Å². The van der Waals surface area contributed by atoms with Crippen LogP contribution in [0.1, 0.15) is 30.6 Å². The molecule has 0 N–H and O–H groups in total. The monoisotopic (exact) mass is 253 g/mol. The SMILES string of the molecule is CC(C)CN(C)CCC(=O)c1cccc(Cl)c1.